The van der Waals surface area contributed by atoms with E-state index in [1.807, 2.05) is 36.0 Å². The van der Waals surface area contributed by atoms with Crippen molar-refractivity contribution in [1.82, 2.24) is 35.2 Å². The monoisotopic (exact) mass is 482 g/mol. The molecule has 3 aromatic heterocycles. The van der Waals surface area contributed by atoms with E-state index in [-0.39, 0.29) is 0 Å². The van der Waals surface area contributed by atoms with Gasteiger partial charge >= 0.3 is 0 Å². The molecule has 4 heterocycles. The van der Waals surface area contributed by atoms with Gasteiger partial charge in [0, 0.05) is 36.8 Å². The number of aryl methyl sites for hydroxylation is 1. The van der Waals surface area contributed by atoms with Gasteiger partial charge < -0.3 is 9.64 Å². The number of halogens is 1. The molecule has 1 atom stereocenters. The molecule has 0 N–H and O–H groups in total. The first kappa shape index (κ1) is 21.7. The van der Waals surface area contributed by atoms with Crippen LogP contribution in [-0.2, 0) is 6.42 Å². The van der Waals surface area contributed by atoms with E-state index in [1.54, 1.807) is 22.1 Å². The summed E-state index contributed by atoms with van der Waals surface area (Å²) in [7, 11) is 0. The van der Waals surface area contributed by atoms with Crippen LogP contribution in [0.3, 0.4) is 0 Å². The van der Waals surface area contributed by atoms with Crippen molar-refractivity contribution < 1.29 is 4.74 Å². The van der Waals surface area contributed by atoms with E-state index >= 15 is 0 Å². The van der Waals surface area contributed by atoms with E-state index in [4.69, 9.17) is 21.3 Å². The molecule has 1 saturated heterocycles. The van der Waals surface area contributed by atoms with Gasteiger partial charge in [0.1, 0.15) is 17.8 Å². The Bertz CT molecular complexity index is 1180. The Hall–Kier alpha value is -3.11. The lowest BCUT2D eigenvalue weighted by Crippen LogP contribution is -2.34. The van der Waals surface area contributed by atoms with Gasteiger partial charge in [-0.3, -0.25) is 0 Å². The second-order valence-corrected chi connectivity index (χ2v) is 9.10. The second kappa shape index (κ2) is 9.80. The molecular weight excluding hydrogens is 460 g/mol. The van der Waals surface area contributed by atoms with Crippen LogP contribution in [0.25, 0.3) is 0 Å². The third kappa shape index (κ3) is 4.81. The Kier molecular flexibility index (Phi) is 6.45. The summed E-state index contributed by atoms with van der Waals surface area (Å²) in [5.41, 5.74) is 1.91. The molecule has 1 aromatic carbocycles. The Morgan fingerprint density at radius 3 is 2.67 bits per heavy atom. The summed E-state index contributed by atoms with van der Waals surface area (Å²) < 4.78 is 7.72. The minimum Gasteiger partial charge on any atom is -0.461 e. The van der Waals surface area contributed by atoms with Gasteiger partial charge in [-0.1, -0.05) is 30.7 Å². The van der Waals surface area contributed by atoms with Crippen LogP contribution in [0.4, 0.5) is 5.95 Å². The number of piperidine rings is 1. The third-order valence-corrected chi connectivity index (χ3v) is 7.04. The maximum absolute atomic E-state index is 6.31. The van der Waals surface area contributed by atoms with Crippen molar-refractivity contribution in [3.8, 4) is 5.75 Å². The van der Waals surface area contributed by atoms with Crippen LogP contribution in [0.5, 0.6) is 5.75 Å². The molecular formula is C22H23ClN8OS. The predicted molar refractivity (Wildman–Crippen MR) is 126 cm³/mol. The molecule has 1 fully saturated rings. The highest BCUT2D eigenvalue weighted by atomic mass is 35.5. The van der Waals surface area contributed by atoms with Crippen LogP contribution in [0.1, 0.15) is 48.2 Å². The summed E-state index contributed by atoms with van der Waals surface area (Å²) in [6.45, 7) is 3.91. The van der Waals surface area contributed by atoms with Gasteiger partial charge in [0.2, 0.25) is 12.2 Å². The summed E-state index contributed by atoms with van der Waals surface area (Å²) in [4.78, 5) is 16.2. The molecule has 1 aliphatic rings. The van der Waals surface area contributed by atoms with Crippen molar-refractivity contribution in [1.29, 1.82) is 0 Å². The van der Waals surface area contributed by atoms with Crippen molar-refractivity contribution in [3.05, 3.63) is 69.7 Å². The maximum Gasteiger partial charge on any atom is 0.238 e. The Morgan fingerprint density at radius 2 is 1.97 bits per heavy atom. The topological polar surface area (TPSA) is 94.7 Å². The van der Waals surface area contributed by atoms with E-state index < -0.39 is 6.23 Å². The van der Waals surface area contributed by atoms with Gasteiger partial charge in [0.15, 0.2) is 0 Å². The molecule has 170 valence electrons. The van der Waals surface area contributed by atoms with Crippen LogP contribution in [0, 0.1) is 0 Å². The number of thiazole rings is 1. The van der Waals surface area contributed by atoms with Crippen LogP contribution in [0.2, 0.25) is 5.02 Å². The zero-order valence-corrected chi connectivity index (χ0v) is 19.7. The van der Waals surface area contributed by atoms with Crippen molar-refractivity contribution in [2.24, 2.45) is 0 Å². The molecule has 11 heteroatoms. The zero-order valence-electron chi connectivity index (χ0n) is 18.1. The third-order valence-electron chi connectivity index (χ3n) is 5.70. The highest BCUT2D eigenvalue weighted by molar-refractivity contribution is 7.09. The van der Waals surface area contributed by atoms with E-state index in [9.17, 15) is 0 Å². The van der Waals surface area contributed by atoms with Gasteiger partial charge in [-0.05, 0) is 47.4 Å². The number of para-hydroxylation sites is 1. The lowest BCUT2D eigenvalue weighted by atomic mass is 9.98. The SMILES string of the molecule is CCc1cnc(N2CCC(c3nc(C(Oc4ccccc4Cl)n4cnnn4)cs3)CC2)nc1. The molecule has 0 spiro atoms. The van der Waals surface area contributed by atoms with Crippen LogP contribution in [0.15, 0.2) is 48.4 Å². The lowest BCUT2D eigenvalue weighted by Gasteiger charge is -2.31. The summed E-state index contributed by atoms with van der Waals surface area (Å²) in [5.74, 6) is 1.73. The normalized spacial score (nSPS) is 15.5. The van der Waals surface area contributed by atoms with E-state index in [0.29, 0.717) is 16.7 Å². The molecule has 9 nitrogen and oxygen atoms in total. The zero-order chi connectivity index (χ0) is 22.6. The average molecular weight is 483 g/mol. The molecule has 4 aromatic rings. The predicted octanol–water partition coefficient (Wildman–Crippen LogP) is 4.15. The fourth-order valence-electron chi connectivity index (χ4n) is 3.81. The van der Waals surface area contributed by atoms with Gasteiger partial charge in [-0.2, -0.15) is 4.68 Å². The first-order valence-electron chi connectivity index (χ1n) is 10.9. The molecule has 33 heavy (non-hydrogen) atoms. The van der Waals surface area contributed by atoms with Crippen molar-refractivity contribution >= 4 is 28.9 Å². The quantitative estimate of drug-likeness (QED) is 0.387. The molecule has 0 bridgehead atoms. The summed E-state index contributed by atoms with van der Waals surface area (Å²) in [6, 6.07) is 7.33. The number of nitrogens with zero attached hydrogens (tertiary/aromatic N) is 8. The first-order valence-corrected chi connectivity index (χ1v) is 12.1. The van der Waals surface area contributed by atoms with E-state index in [2.05, 4.69) is 37.3 Å². The summed E-state index contributed by atoms with van der Waals surface area (Å²) in [6.07, 6.45) is 7.68. The number of hydrogen-bond acceptors (Lipinski definition) is 9. The van der Waals surface area contributed by atoms with Crippen LogP contribution >= 0.6 is 22.9 Å². The van der Waals surface area contributed by atoms with Crippen LogP contribution in [-0.4, -0.2) is 48.2 Å². The molecule has 5 rings (SSSR count). The Balaban J connectivity index is 1.29. The number of aromatic nitrogens is 7. The van der Waals surface area contributed by atoms with Gasteiger partial charge in [0.25, 0.3) is 0 Å². The fourth-order valence-corrected chi connectivity index (χ4v) is 4.99. The number of tetrazole rings is 1. The van der Waals surface area contributed by atoms with Crippen molar-refractivity contribution in [2.75, 3.05) is 18.0 Å². The average Bonchev–Trinajstić information content (AvgIpc) is 3.57. The standard InChI is InChI=1S/C22H23ClN8OS/c1-2-15-11-24-22(25-12-15)30-9-7-16(8-10-30)20-27-18(13-33-20)21(31-14-26-28-29-31)32-19-6-4-3-5-17(19)23/h3-6,11-14,16,21H,2,7-10H2,1H3. The Labute approximate surface area is 200 Å². The smallest absolute Gasteiger partial charge is 0.238 e. The lowest BCUT2D eigenvalue weighted by molar-refractivity contribution is 0.152. The number of anilines is 1. The second-order valence-electron chi connectivity index (χ2n) is 7.81. The minimum atomic E-state index is -0.601. The molecule has 1 unspecified atom stereocenters. The molecule has 1 aliphatic heterocycles. The summed E-state index contributed by atoms with van der Waals surface area (Å²) >= 11 is 7.95. The number of hydrogen-bond donors (Lipinski definition) is 0. The van der Waals surface area contributed by atoms with Gasteiger partial charge in [-0.25, -0.2) is 15.0 Å². The molecule has 0 aliphatic carbocycles. The Morgan fingerprint density at radius 1 is 1.18 bits per heavy atom. The molecule has 0 amide bonds. The number of rotatable bonds is 7. The van der Waals surface area contributed by atoms with E-state index in [0.717, 1.165) is 54.6 Å². The fraction of sp³-hybridized carbons (Fsp3) is 0.364. The highest BCUT2D eigenvalue weighted by Crippen LogP contribution is 2.34. The van der Waals surface area contributed by atoms with E-state index in [1.165, 1.54) is 6.33 Å². The van der Waals surface area contributed by atoms with Crippen molar-refractivity contribution in [2.45, 2.75) is 38.3 Å². The molecule has 0 saturated carbocycles. The first-order chi connectivity index (χ1) is 16.2. The summed E-state index contributed by atoms with van der Waals surface area (Å²) in [5, 5.41) is 15.2. The van der Waals surface area contributed by atoms with Crippen LogP contribution < -0.4 is 9.64 Å². The number of ether oxygens (including phenoxy) is 1. The number of benzene rings is 1. The maximum atomic E-state index is 6.31. The van der Waals surface area contributed by atoms with Gasteiger partial charge in [-0.15, -0.1) is 16.4 Å². The van der Waals surface area contributed by atoms with Crippen molar-refractivity contribution in [3.63, 3.8) is 0 Å². The minimum absolute atomic E-state index is 0.379. The molecule has 0 radical (unpaired) electrons. The van der Waals surface area contributed by atoms with Gasteiger partial charge in [0.05, 0.1) is 10.0 Å². The largest absolute Gasteiger partial charge is 0.461 e. The highest BCUT2D eigenvalue weighted by Gasteiger charge is 2.27.